The number of carbonyl (C=O) groups excluding carboxylic acids is 1. The molecule has 1 aromatic heterocycles. The monoisotopic (exact) mass is 666 g/mol. The Bertz CT molecular complexity index is 1250. The summed E-state index contributed by atoms with van der Waals surface area (Å²) in [6, 6.07) is 15.1. The SMILES string of the molecule is CCOCN(C(=O)N(COCc1ccccc1)c1nc(OCC(F)(F)F)cc(OCC(F)(F)F)n1)c1ccc(Br)cc1. The standard InChI is InChI=1S/C26H25BrF6N4O5/c1-2-39-16-36(20-10-8-19(27)9-11-20)24(38)37(17-40-13-18-6-4-3-5-7-18)23-34-21(41-14-25(28,29)30)12-22(35-23)42-15-26(31,32)33/h3-12H,2,13-17H2,1H3. The first-order chi connectivity index (χ1) is 19.8. The Morgan fingerprint density at radius 3 is 1.88 bits per heavy atom. The molecule has 16 heteroatoms. The summed E-state index contributed by atoms with van der Waals surface area (Å²) in [6.45, 7) is -2.54. The summed E-state index contributed by atoms with van der Waals surface area (Å²) in [7, 11) is 0. The van der Waals surface area contributed by atoms with Gasteiger partial charge in [-0.2, -0.15) is 36.3 Å². The molecule has 228 valence electrons. The van der Waals surface area contributed by atoms with Crippen molar-refractivity contribution in [1.29, 1.82) is 0 Å². The maximum Gasteiger partial charge on any atom is 0.422 e. The molecule has 0 aliphatic rings. The van der Waals surface area contributed by atoms with E-state index in [1.54, 1.807) is 61.5 Å². The van der Waals surface area contributed by atoms with Crippen LogP contribution in [0.1, 0.15) is 12.5 Å². The van der Waals surface area contributed by atoms with Crippen LogP contribution in [0.4, 0.5) is 42.8 Å². The molecule has 0 fully saturated rings. The van der Waals surface area contributed by atoms with Crippen LogP contribution in [-0.2, 0) is 16.1 Å². The van der Waals surface area contributed by atoms with Crippen molar-refractivity contribution in [2.75, 3.05) is 43.1 Å². The molecule has 1 heterocycles. The molecule has 3 rings (SSSR count). The third-order valence-electron chi connectivity index (χ3n) is 5.03. The lowest BCUT2D eigenvalue weighted by Crippen LogP contribution is -2.46. The van der Waals surface area contributed by atoms with E-state index < -0.39 is 56.0 Å². The Kier molecular flexibility index (Phi) is 11.8. The van der Waals surface area contributed by atoms with Crippen LogP contribution in [0.2, 0.25) is 0 Å². The van der Waals surface area contributed by atoms with E-state index in [1.807, 2.05) is 0 Å². The number of ether oxygens (including phenoxy) is 4. The molecule has 2 aromatic carbocycles. The van der Waals surface area contributed by atoms with E-state index in [0.29, 0.717) is 16.2 Å². The second-order valence-electron chi connectivity index (χ2n) is 8.35. The average molecular weight is 667 g/mol. The lowest BCUT2D eigenvalue weighted by molar-refractivity contribution is -0.154. The zero-order valence-corrected chi connectivity index (χ0v) is 23.6. The van der Waals surface area contributed by atoms with Crippen molar-refractivity contribution in [2.24, 2.45) is 0 Å². The second-order valence-corrected chi connectivity index (χ2v) is 9.27. The molecular formula is C26H25BrF6N4O5. The van der Waals surface area contributed by atoms with Crippen molar-refractivity contribution in [2.45, 2.75) is 25.9 Å². The van der Waals surface area contributed by atoms with Crippen LogP contribution in [-0.4, -0.2) is 61.6 Å². The molecule has 0 unspecified atom stereocenters. The van der Waals surface area contributed by atoms with Gasteiger partial charge in [-0.15, -0.1) is 0 Å². The summed E-state index contributed by atoms with van der Waals surface area (Å²) < 4.78 is 98.2. The first-order valence-corrected chi connectivity index (χ1v) is 13.0. The van der Waals surface area contributed by atoms with Crippen LogP contribution in [0, 0.1) is 0 Å². The largest absolute Gasteiger partial charge is 0.468 e. The molecule has 0 aliphatic carbocycles. The van der Waals surface area contributed by atoms with Gasteiger partial charge >= 0.3 is 18.4 Å². The lowest BCUT2D eigenvalue weighted by atomic mass is 10.2. The van der Waals surface area contributed by atoms with E-state index in [4.69, 9.17) is 9.47 Å². The van der Waals surface area contributed by atoms with E-state index in [2.05, 4.69) is 35.4 Å². The molecule has 0 N–H and O–H groups in total. The number of aromatic nitrogens is 2. The van der Waals surface area contributed by atoms with Gasteiger partial charge < -0.3 is 18.9 Å². The summed E-state index contributed by atoms with van der Waals surface area (Å²) in [5.41, 5.74) is 1.07. The van der Waals surface area contributed by atoms with E-state index >= 15 is 0 Å². The van der Waals surface area contributed by atoms with Crippen molar-refractivity contribution < 1.29 is 50.1 Å². The second kappa shape index (κ2) is 15.0. The van der Waals surface area contributed by atoms with Gasteiger partial charge in [0.25, 0.3) is 0 Å². The normalized spacial score (nSPS) is 11.7. The highest BCUT2D eigenvalue weighted by molar-refractivity contribution is 9.10. The minimum atomic E-state index is -4.79. The van der Waals surface area contributed by atoms with Crippen molar-refractivity contribution >= 4 is 33.6 Å². The number of urea groups is 1. The zero-order valence-electron chi connectivity index (χ0n) is 22.0. The topological polar surface area (TPSA) is 86.3 Å². The molecule has 0 saturated carbocycles. The minimum absolute atomic E-state index is 0.00391. The number of alkyl halides is 6. The number of nitrogens with zero attached hydrogens (tertiary/aromatic N) is 4. The third kappa shape index (κ3) is 11.0. The predicted octanol–water partition coefficient (Wildman–Crippen LogP) is 6.72. The fourth-order valence-corrected chi connectivity index (χ4v) is 3.45. The molecule has 0 aliphatic heterocycles. The summed E-state index contributed by atoms with van der Waals surface area (Å²) in [5.74, 6) is -2.20. The predicted molar refractivity (Wildman–Crippen MR) is 142 cm³/mol. The van der Waals surface area contributed by atoms with E-state index in [0.717, 1.165) is 15.4 Å². The average Bonchev–Trinajstić information content (AvgIpc) is 2.94. The van der Waals surface area contributed by atoms with Gasteiger partial charge in [-0.3, -0.25) is 4.90 Å². The molecule has 0 atom stereocenters. The van der Waals surface area contributed by atoms with Gasteiger partial charge in [-0.05, 0) is 36.8 Å². The van der Waals surface area contributed by atoms with Crippen molar-refractivity contribution in [1.82, 2.24) is 9.97 Å². The Labute approximate surface area is 245 Å². The van der Waals surface area contributed by atoms with Gasteiger partial charge in [-0.1, -0.05) is 46.3 Å². The third-order valence-corrected chi connectivity index (χ3v) is 5.56. The van der Waals surface area contributed by atoms with Crippen LogP contribution in [0.5, 0.6) is 11.8 Å². The molecule has 0 radical (unpaired) electrons. The van der Waals surface area contributed by atoms with Crippen LogP contribution in [0.25, 0.3) is 0 Å². The maximum absolute atomic E-state index is 13.9. The minimum Gasteiger partial charge on any atom is -0.468 e. The number of rotatable bonds is 13. The number of carbonyl (C=O) groups is 1. The number of hydrogen-bond acceptors (Lipinski definition) is 7. The van der Waals surface area contributed by atoms with Crippen LogP contribution in [0.15, 0.2) is 65.1 Å². The summed E-state index contributed by atoms with van der Waals surface area (Å²) >= 11 is 3.31. The summed E-state index contributed by atoms with van der Waals surface area (Å²) in [4.78, 5) is 23.6. The number of halogens is 7. The fourth-order valence-electron chi connectivity index (χ4n) is 3.19. The van der Waals surface area contributed by atoms with E-state index in [1.165, 1.54) is 0 Å². The van der Waals surface area contributed by atoms with E-state index in [-0.39, 0.29) is 19.9 Å². The zero-order chi connectivity index (χ0) is 30.8. The summed E-state index contributed by atoms with van der Waals surface area (Å²) in [6.07, 6.45) is -9.58. The van der Waals surface area contributed by atoms with E-state index in [9.17, 15) is 31.1 Å². The highest BCUT2D eigenvalue weighted by Crippen LogP contribution is 2.27. The number of amides is 2. The number of hydrogen-bond donors (Lipinski definition) is 0. The quantitative estimate of drug-likeness (QED) is 0.148. The molecule has 3 aromatic rings. The van der Waals surface area contributed by atoms with Gasteiger partial charge in [0.05, 0.1) is 12.7 Å². The molecule has 42 heavy (non-hydrogen) atoms. The Balaban J connectivity index is 2.02. The number of anilines is 2. The Morgan fingerprint density at radius 2 is 1.36 bits per heavy atom. The molecular weight excluding hydrogens is 642 g/mol. The van der Waals surface area contributed by atoms with Gasteiger partial charge in [0, 0.05) is 16.8 Å². The molecule has 0 saturated heterocycles. The van der Waals surface area contributed by atoms with Gasteiger partial charge in [0.15, 0.2) is 13.2 Å². The van der Waals surface area contributed by atoms with Gasteiger partial charge in [-0.25, -0.2) is 9.69 Å². The van der Waals surface area contributed by atoms with Crippen LogP contribution in [0.3, 0.4) is 0 Å². The van der Waals surface area contributed by atoms with Gasteiger partial charge in [0.1, 0.15) is 13.5 Å². The van der Waals surface area contributed by atoms with Crippen LogP contribution < -0.4 is 19.3 Å². The molecule has 0 bridgehead atoms. The van der Waals surface area contributed by atoms with Crippen molar-refractivity contribution in [3.05, 3.63) is 70.7 Å². The fraction of sp³-hybridized carbons (Fsp3) is 0.346. The smallest absolute Gasteiger partial charge is 0.422 e. The highest BCUT2D eigenvalue weighted by Gasteiger charge is 2.32. The highest BCUT2D eigenvalue weighted by atomic mass is 79.9. The van der Waals surface area contributed by atoms with Gasteiger partial charge in [0.2, 0.25) is 17.7 Å². The van der Waals surface area contributed by atoms with Crippen LogP contribution >= 0.6 is 15.9 Å². The molecule has 2 amide bonds. The molecule has 0 spiro atoms. The number of benzene rings is 2. The lowest BCUT2D eigenvalue weighted by Gasteiger charge is -2.29. The maximum atomic E-state index is 13.9. The Hall–Kier alpha value is -3.63. The first-order valence-electron chi connectivity index (χ1n) is 12.2. The molecule has 9 nitrogen and oxygen atoms in total. The Morgan fingerprint density at radius 1 is 0.810 bits per heavy atom. The van der Waals surface area contributed by atoms with Crippen molar-refractivity contribution in [3.63, 3.8) is 0 Å². The summed E-state index contributed by atoms with van der Waals surface area (Å²) in [5, 5.41) is 0. The first kappa shape index (κ1) is 32.9. The van der Waals surface area contributed by atoms with Crippen molar-refractivity contribution in [3.8, 4) is 11.8 Å².